The van der Waals surface area contributed by atoms with Crippen molar-refractivity contribution < 1.29 is 9.90 Å². The number of amides is 1. The molecule has 1 heterocycles. The summed E-state index contributed by atoms with van der Waals surface area (Å²) < 4.78 is 0. The Morgan fingerprint density at radius 2 is 2.07 bits per heavy atom. The molecule has 82 valence electrons. The van der Waals surface area contributed by atoms with E-state index in [1.165, 1.54) is 0 Å². The molecule has 0 radical (unpaired) electrons. The number of carbonyl (C=O) groups excluding carboxylic acids is 1. The fourth-order valence-electron chi connectivity index (χ4n) is 2.05. The number of aliphatic hydroxyl groups excluding tert-OH is 1. The largest absolute Gasteiger partial charge is 0.376 e. The fourth-order valence-corrected chi connectivity index (χ4v) is 2.05. The van der Waals surface area contributed by atoms with Gasteiger partial charge in [0, 0.05) is 13.0 Å². The molecule has 14 heavy (non-hydrogen) atoms. The Morgan fingerprint density at radius 1 is 1.43 bits per heavy atom. The Bertz CT molecular complexity index is 208. The van der Waals surface area contributed by atoms with E-state index in [-0.39, 0.29) is 18.1 Å². The number of carbonyl (C=O) groups is 1. The second kappa shape index (κ2) is 4.30. The van der Waals surface area contributed by atoms with Crippen LogP contribution >= 0.6 is 0 Å². The summed E-state index contributed by atoms with van der Waals surface area (Å²) in [7, 11) is 0. The molecule has 3 heteroatoms. The molecular formula is C11H21NO2. The predicted molar refractivity (Wildman–Crippen MR) is 55.6 cm³/mol. The van der Waals surface area contributed by atoms with Crippen molar-refractivity contribution in [3.63, 3.8) is 0 Å². The van der Waals surface area contributed by atoms with Gasteiger partial charge in [-0.15, -0.1) is 0 Å². The Labute approximate surface area is 86.1 Å². The third-order valence-electron chi connectivity index (χ3n) is 3.20. The maximum atomic E-state index is 11.5. The molecule has 0 aliphatic carbocycles. The summed E-state index contributed by atoms with van der Waals surface area (Å²) in [5.41, 5.74) is 0.270. The lowest BCUT2D eigenvalue weighted by Gasteiger charge is -2.29. The molecule has 0 aromatic carbocycles. The van der Waals surface area contributed by atoms with Crippen LogP contribution in [-0.4, -0.2) is 29.2 Å². The van der Waals surface area contributed by atoms with Crippen molar-refractivity contribution in [1.82, 2.24) is 4.90 Å². The maximum Gasteiger partial charge on any atom is 0.224 e. The zero-order valence-corrected chi connectivity index (χ0v) is 9.42. The van der Waals surface area contributed by atoms with Gasteiger partial charge in [0.25, 0.3) is 0 Å². The van der Waals surface area contributed by atoms with Gasteiger partial charge in [0.05, 0.1) is 0 Å². The van der Waals surface area contributed by atoms with Gasteiger partial charge in [-0.05, 0) is 24.2 Å². The lowest BCUT2D eigenvalue weighted by Crippen LogP contribution is -2.31. The second-order valence-corrected chi connectivity index (χ2v) is 5.19. The highest BCUT2D eigenvalue weighted by Gasteiger charge is 2.29. The molecular weight excluding hydrogens is 178 g/mol. The molecule has 1 fully saturated rings. The van der Waals surface area contributed by atoms with Crippen LogP contribution < -0.4 is 0 Å². The van der Waals surface area contributed by atoms with Crippen LogP contribution in [0.25, 0.3) is 0 Å². The van der Waals surface area contributed by atoms with E-state index in [1.807, 2.05) is 0 Å². The zero-order chi connectivity index (χ0) is 10.8. The van der Waals surface area contributed by atoms with E-state index >= 15 is 0 Å². The Hall–Kier alpha value is -0.570. The minimum absolute atomic E-state index is 0.0965. The Balaban J connectivity index is 2.60. The van der Waals surface area contributed by atoms with Crippen LogP contribution in [0.1, 0.15) is 40.0 Å². The SMILES string of the molecule is CC(C)(C)C1CCC(=O)N(CO)CC1. The average Bonchev–Trinajstić information content (AvgIpc) is 2.25. The van der Waals surface area contributed by atoms with Crippen molar-refractivity contribution in [2.45, 2.75) is 40.0 Å². The van der Waals surface area contributed by atoms with Crippen LogP contribution in [0.5, 0.6) is 0 Å². The van der Waals surface area contributed by atoms with Gasteiger partial charge in [0.1, 0.15) is 6.73 Å². The van der Waals surface area contributed by atoms with Crippen molar-refractivity contribution in [3.05, 3.63) is 0 Å². The lowest BCUT2D eigenvalue weighted by molar-refractivity contribution is -0.134. The molecule has 3 nitrogen and oxygen atoms in total. The predicted octanol–water partition coefficient (Wildman–Crippen LogP) is 1.61. The number of likely N-dealkylation sites (tertiary alicyclic amines) is 1. The highest BCUT2D eigenvalue weighted by Crippen LogP contribution is 2.34. The summed E-state index contributed by atoms with van der Waals surface area (Å²) in [5, 5.41) is 8.98. The molecule has 1 aliphatic rings. The van der Waals surface area contributed by atoms with Crippen molar-refractivity contribution in [1.29, 1.82) is 0 Å². The van der Waals surface area contributed by atoms with E-state index in [4.69, 9.17) is 5.11 Å². The topological polar surface area (TPSA) is 40.5 Å². The monoisotopic (exact) mass is 199 g/mol. The van der Waals surface area contributed by atoms with Gasteiger partial charge in [-0.25, -0.2) is 0 Å². The lowest BCUT2D eigenvalue weighted by atomic mass is 9.77. The molecule has 0 saturated carbocycles. The summed E-state index contributed by atoms with van der Waals surface area (Å²) in [6, 6.07) is 0. The highest BCUT2D eigenvalue weighted by atomic mass is 16.3. The maximum absolute atomic E-state index is 11.5. The van der Waals surface area contributed by atoms with Crippen molar-refractivity contribution in [2.24, 2.45) is 11.3 Å². The summed E-state index contributed by atoms with van der Waals surface area (Å²) in [6.07, 6.45) is 2.55. The fraction of sp³-hybridized carbons (Fsp3) is 0.909. The first-order chi connectivity index (χ1) is 6.45. The molecule has 1 N–H and O–H groups in total. The van der Waals surface area contributed by atoms with Crippen molar-refractivity contribution in [2.75, 3.05) is 13.3 Å². The van der Waals surface area contributed by atoms with E-state index in [9.17, 15) is 4.79 Å². The van der Waals surface area contributed by atoms with E-state index in [1.54, 1.807) is 4.90 Å². The molecule has 0 aromatic heterocycles. The van der Waals surface area contributed by atoms with Crippen molar-refractivity contribution >= 4 is 5.91 Å². The molecule has 0 bridgehead atoms. The third kappa shape index (κ3) is 2.71. The van der Waals surface area contributed by atoms with Crippen LogP contribution in [-0.2, 0) is 4.79 Å². The summed E-state index contributed by atoms with van der Waals surface area (Å²) in [6.45, 7) is 7.23. The standard InChI is InChI=1S/C11H21NO2/c1-11(2,3)9-4-5-10(14)12(8-13)7-6-9/h9,13H,4-8H2,1-3H3. The first-order valence-electron chi connectivity index (χ1n) is 5.34. The van der Waals surface area contributed by atoms with E-state index in [2.05, 4.69) is 20.8 Å². The van der Waals surface area contributed by atoms with Gasteiger partial charge in [-0.1, -0.05) is 20.8 Å². The summed E-state index contributed by atoms with van der Waals surface area (Å²) in [4.78, 5) is 13.0. The van der Waals surface area contributed by atoms with Crippen LogP contribution in [0.4, 0.5) is 0 Å². The van der Waals surface area contributed by atoms with E-state index < -0.39 is 0 Å². The Morgan fingerprint density at radius 3 is 2.57 bits per heavy atom. The number of nitrogens with zero attached hydrogens (tertiary/aromatic N) is 1. The molecule has 1 aliphatic heterocycles. The van der Waals surface area contributed by atoms with Crippen LogP contribution in [0.3, 0.4) is 0 Å². The minimum atomic E-state index is -0.129. The van der Waals surface area contributed by atoms with Gasteiger partial charge in [0.2, 0.25) is 5.91 Å². The smallest absolute Gasteiger partial charge is 0.224 e. The van der Waals surface area contributed by atoms with Crippen LogP contribution in [0, 0.1) is 11.3 Å². The average molecular weight is 199 g/mol. The van der Waals surface area contributed by atoms with Crippen LogP contribution in [0.2, 0.25) is 0 Å². The molecule has 1 atom stereocenters. The van der Waals surface area contributed by atoms with Gasteiger partial charge >= 0.3 is 0 Å². The van der Waals surface area contributed by atoms with Gasteiger partial charge in [-0.2, -0.15) is 0 Å². The summed E-state index contributed by atoms with van der Waals surface area (Å²) in [5.74, 6) is 0.683. The first-order valence-corrected chi connectivity index (χ1v) is 5.34. The molecule has 0 aromatic rings. The minimum Gasteiger partial charge on any atom is -0.376 e. The third-order valence-corrected chi connectivity index (χ3v) is 3.20. The van der Waals surface area contributed by atoms with E-state index in [0.717, 1.165) is 12.8 Å². The molecule has 1 amide bonds. The molecule has 0 spiro atoms. The second-order valence-electron chi connectivity index (χ2n) is 5.19. The van der Waals surface area contributed by atoms with Gasteiger partial charge in [-0.3, -0.25) is 4.79 Å². The number of aliphatic hydroxyl groups is 1. The van der Waals surface area contributed by atoms with Crippen molar-refractivity contribution in [3.8, 4) is 0 Å². The number of hydrogen-bond acceptors (Lipinski definition) is 2. The number of rotatable bonds is 1. The molecule has 1 saturated heterocycles. The van der Waals surface area contributed by atoms with E-state index in [0.29, 0.717) is 18.9 Å². The normalized spacial score (nSPS) is 25.0. The van der Waals surface area contributed by atoms with Gasteiger partial charge in [0.15, 0.2) is 0 Å². The first kappa shape index (κ1) is 11.5. The summed E-state index contributed by atoms with van der Waals surface area (Å²) >= 11 is 0. The van der Waals surface area contributed by atoms with Gasteiger partial charge < -0.3 is 10.0 Å². The quantitative estimate of drug-likeness (QED) is 0.697. The van der Waals surface area contributed by atoms with Crippen LogP contribution in [0.15, 0.2) is 0 Å². The molecule has 1 unspecified atom stereocenters. The highest BCUT2D eigenvalue weighted by molar-refractivity contribution is 5.76. The molecule has 1 rings (SSSR count). The number of hydrogen-bond donors (Lipinski definition) is 1. The Kier molecular flexibility index (Phi) is 3.53. The zero-order valence-electron chi connectivity index (χ0n) is 9.42.